The molecule has 8 nitrogen and oxygen atoms in total. The van der Waals surface area contributed by atoms with Crippen LogP contribution in [-0.4, -0.2) is 72.7 Å². The minimum Gasteiger partial charge on any atom is -0.464 e. The fraction of sp³-hybridized carbons (Fsp3) is 0.679. The maximum Gasteiger partial charge on any atom is 0.408 e. The molecular formula is C28H44FN3O5. The lowest BCUT2D eigenvalue weighted by molar-refractivity contribution is -0.163. The number of benzene rings is 1. The topological polar surface area (TPSA) is 88.2 Å². The Kier molecular flexibility index (Phi) is 10.5. The Balaban J connectivity index is 2.44. The van der Waals surface area contributed by atoms with Crippen molar-refractivity contribution < 1.29 is 28.2 Å². The zero-order valence-electron chi connectivity index (χ0n) is 23.6. The van der Waals surface area contributed by atoms with Gasteiger partial charge in [0.25, 0.3) is 0 Å². The first kappa shape index (κ1) is 30.5. The largest absolute Gasteiger partial charge is 0.464 e. The van der Waals surface area contributed by atoms with Crippen LogP contribution in [0.2, 0.25) is 0 Å². The highest BCUT2D eigenvalue weighted by Crippen LogP contribution is 2.47. The monoisotopic (exact) mass is 521 g/mol. The van der Waals surface area contributed by atoms with Crippen molar-refractivity contribution in [3.8, 4) is 0 Å². The quantitative estimate of drug-likeness (QED) is 0.450. The number of nitrogens with one attached hydrogen (secondary N) is 1. The van der Waals surface area contributed by atoms with E-state index in [1.807, 2.05) is 32.8 Å². The Morgan fingerprint density at radius 2 is 1.81 bits per heavy atom. The van der Waals surface area contributed by atoms with E-state index < -0.39 is 41.1 Å². The lowest BCUT2D eigenvalue weighted by atomic mass is 9.74. The number of halogens is 1. The van der Waals surface area contributed by atoms with Crippen LogP contribution in [-0.2, 0) is 19.1 Å². The average Bonchev–Trinajstić information content (AvgIpc) is 3.23. The molecule has 1 fully saturated rings. The van der Waals surface area contributed by atoms with E-state index in [9.17, 15) is 18.8 Å². The standard InChI is InChI=1S/C28H44FN3O5/c1-9-28(10-2,25(34)36-17-16-31(7)8)23-15-14-22(20-12-11-13-21(29)18-20)32(23)24(33)19(3)30-26(35)37-27(4,5)6/h11-13,18-19,22-23H,9-10,14-17H2,1-8H3,(H,30,35)/t19-,22+,23-/m1/s1. The third-order valence-electron chi connectivity index (χ3n) is 7.05. The van der Waals surface area contributed by atoms with Crippen molar-refractivity contribution in [1.82, 2.24) is 15.1 Å². The zero-order chi connectivity index (χ0) is 28.0. The van der Waals surface area contributed by atoms with E-state index in [4.69, 9.17) is 9.47 Å². The highest BCUT2D eigenvalue weighted by molar-refractivity contribution is 5.87. The molecule has 0 radical (unpaired) electrons. The normalized spacial score (nSPS) is 19.0. The fourth-order valence-corrected chi connectivity index (χ4v) is 5.08. The van der Waals surface area contributed by atoms with E-state index in [1.54, 1.807) is 44.7 Å². The van der Waals surface area contributed by atoms with Gasteiger partial charge in [-0.15, -0.1) is 0 Å². The number of likely N-dealkylation sites (N-methyl/N-ethyl adjacent to an activating group) is 1. The molecule has 1 saturated heterocycles. The van der Waals surface area contributed by atoms with E-state index in [0.717, 1.165) is 0 Å². The van der Waals surface area contributed by atoms with Crippen LogP contribution >= 0.6 is 0 Å². The summed E-state index contributed by atoms with van der Waals surface area (Å²) in [6.07, 6.45) is 1.36. The van der Waals surface area contributed by atoms with Crippen molar-refractivity contribution in [3.63, 3.8) is 0 Å². The summed E-state index contributed by atoms with van der Waals surface area (Å²) in [5.74, 6) is -1.08. The highest BCUT2D eigenvalue weighted by Gasteiger charge is 2.53. The second-order valence-corrected chi connectivity index (χ2v) is 11.1. The van der Waals surface area contributed by atoms with Gasteiger partial charge in [-0.3, -0.25) is 9.59 Å². The molecule has 0 aromatic heterocycles. The Hall–Kier alpha value is -2.68. The fourth-order valence-electron chi connectivity index (χ4n) is 5.08. The Morgan fingerprint density at radius 3 is 2.35 bits per heavy atom. The molecule has 0 spiro atoms. The van der Waals surface area contributed by atoms with Crippen LogP contribution in [0.3, 0.4) is 0 Å². The second-order valence-electron chi connectivity index (χ2n) is 11.1. The van der Waals surface area contributed by atoms with Crippen LogP contribution in [0.25, 0.3) is 0 Å². The van der Waals surface area contributed by atoms with Crippen molar-refractivity contribution >= 4 is 18.0 Å². The number of rotatable bonds is 10. The molecule has 1 aromatic carbocycles. The van der Waals surface area contributed by atoms with E-state index >= 15 is 0 Å². The summed E-state index contributed by atoms with van der Waals surface area (Å²) in [4.78, 5) is 43.5. The Labute approximate surface area is 220 Å². The first-order valence-corrected chi connectivity index (χ1v) is 13.1. The smallest absolute Gasteiger partial charge is 0.408 e. The van der Waals surface area contributed by atoms with Crippen LogP contribution in [0.1, 0.15) is 78.8 Å². The molecule has 9 heteroatoms. The van der Waals surface area contributed by atoms with Gasteiger partial charge in [-0.05, 0) is 85.2 Å². The second kappa shape index (κ2) is 12.7. The number of hydrogen-bond donors (Lipinski definition) is 1. The highest BCUT2D eigenvalue weighted by atomic mass is 19.1. The number of carbonyl (C=O) groups excluding carboxylic acids is 3. The zero-order valence-corrected chi connectivity index (χ0v) is 23.6. The van der Waals surface area contributed by atoms with E-state index in [1.165, 1.54) is 12.1 Å². The third kappa shape index (κ3) is 7.66. The van der Waals surface area contributed by atoms with Gasteiger partial charge in [0.05, 0.1) is 11.5 Å². The molecule has 1 aliphatic heterocycles. The number of carbonyl (C=O) groups is 3. The molecule has 1 N–H and O–H groups in total. The summed E-state index contributed by atoms with van der Waals surface area (Å²) < 4.78 is 25.2. The number of amides is 2. The van der Waals surface area contributed by atoms with Crippen LogP contribution in [0.15, 0.2) is 24.3 Å². The minimum atomic E-state index is -0.935. The molecular weight excluding hydrogens is 477 g/mol. The van der Waals surface area contributed by atoms with Gasteiger partial charge in [0.1, 0.15) is 24.1 Å². The molecule has 0 saturated carbocycles. The summed E-state index contributed by atoms with van der Waals surface area (Å²) in [7, 11) is 3.81. The van der Waals surface area contributed by atoms with Crippen molar-refractivity contribution in [2.75, 3.05) is 27.2 Å². The van der Waals surface area contributed by atoms with E-state index in [-0.39, 0.29) is 18.5 Å². The first-order valence-electron chi connectivity index (χ1n) is 13.1. The maximum atomic E-state index is 14.2. The van der Waals surface area contributed by atoms with Gasteiger partial charge in [0.15, 0.2) is 0 Å². The summed E-state index contributed by atoms with van der Waals surface area (Å²) in [6.45, 7) is 11.5. The molecule has 0 unspecified atom stereocenters. The van der Waals surface area contributed by atoms with Crippen LogP contribution < -0.4 is 5.32 Å². The van der Waals surface area contributed by atoms with Gasteiger partial charge >= 0.3 is 12.1 Å². The summed E-state index contributed by atoms with van der Waals surface area (Å²) in [6, 6.07) is 4.36. The molecule has 37 heavy (non-hydrogen) atoms. The van der Waals surface area contributed by atoms with E-state index in [2.05, 4.69) is 5.32 Å². The molecule has 1 aliphatic rings. The van der Waals surface area contributed by atoms with Crippen LogP contribution in [0.5, 0.6) is 0 Å². The van der Waals surface area contributed by atoms with Crippen molar-refractivity contribution in [2.24, 2.45) is 5.41 Å². The van der Waals surface area contributed by atoms with Crippen LogP contribution in [0, 0.1) is 11.2 Å². The predicted octanol–water partition coefficient (Wildman–Crippen LogP) is 4.68. The predicted molar refractivity (Wildman–Crippen MR) is 140 cm³/mol. The summed E-state index contributed by atoms with van der Waals surface area (Å²) >= 11 is 0. The van der Waals surface area contributed by atoms with Gasteiger partial charge < -0.3 is 24.6 Å². The van der Waals surface area contributed by atoms with Crippen molar-refractivity contribution in [1.29, 1.82) is 0 Å². The molecule has 2 rings (SSSR count). The Morgan fingerprint density at radius 1 is 1.16 bits per heavy atom. The van der Waals surface area contributed by atoms with Gasteiger partial charge in [-0.1, -0.05) is 26.0 Å². The lowest BCUT2D eigenvalue weighted by Crippen LogP contribution is -2.56. The van der Waals surface area contributed by atoms with Gasteiger partial charge in [-0.25, -0.2) is 9.18 Å². The minimum absolute atomic E-state index is 0.248. The number of ether oxygens (including phenoxy) is 2. The SMILES string of the molecule is CCC(CC)(C(=O)OCCN(C)C)[C@H]1CC[C@@H](c2cccc(F)c2)N1C(=O)[C@@H](C)NC(=O)OC(C)(C)C. The molecule has 2 amide bonds. The molecule has 208 valence electrons. The van der Waals surface area contributed by atoms with Gasteiger partial charge in [0, 0.05) is 12.6 Å². The van der Waals surface area contributed by atoms with Gasteiger partial charge in [-0.2, -0.15) is 0 Å². The number of esters is 1. The van der Waals surface area contributed by atoms with Gasteiger partial charge in [0.2, 0.25) is 5.91 Å². The summed E-state index contributed by atoms with van der Waals surface area (Å²) in [5, 5.41) is 2.63. The molecule has 3 atom stereocenters. The number of alkyl carbamates (subject to hydrolysis) is 1. The molecule has 1 heterocycles. The number of nitrogens with zero attached hydrogens (tertiary/aromatic N) is 2. The molecule has 1 aromatic rings. The molecule has 0 aliphatic carbocycles. The van der Waals surface area contributed by atoms with Crippen molar-refractivity contribution in [2.45, 2.75) is 91.0 Å². The Bertz CT molecular complexity index is 942. The first-order chi connectivity index (χ1) is 17.3. The maximum absolute atomic E-state index is 14.2. The molecule has 0 bridgehead atoms. The number of likely N-dealkylation sites (tertiary alicyclic amines) is 1. The lowest BCUT2D eigenvalue weighted by Gasteiger charge is -2.43. The average molecular weight is 522 g/mol. The summed E-state index contributed by atoms with van der Waals surface area (Å²) in [5.41, 5.74) is -0.999. The third-order valence-corrected chi connectivity index (χ3v) is 7.05. The number of hydrogen-bond acceptors (Lipinski definition) is 6. The van der Waals surface area contributed by atoms with Crippen LogP contribution in [0.4, 0.5) is 9.18 Å². The van der Waals surface area contributed by atoms with Crippen molar-refractivity contribution in [3.05, 3.63) is 35.6 Å². The van der Waals surface area contributed by atoms with E-state index in [0.29, 0.717) is 37.8 Å².